The van der Waals surface area contributed by atoms with Gasteiger partial charge in [-0.3, -0.25) is 4.31 Å². The highest BCUT2D eigenvalue weighted by atomic mass is 32.2. The molecule has 1 aliphatic heterocycles. The minimum absolute atomic E-state index is 0.0707. The highest BCUT2D eigenvalue weighted by Gasteiger charge is 2.32. The van der Waals surface area contributed by atoms with Crippen molar-refractivity contribution in [1.29, 1.82) is 5.26 Å². The quantitative estimate of drug-likeness (QED) is 0.856. The van der Waals surface area contributed by atoms with Crippen LogP contribution in [0.25, 0.3) is 0 Å². The maximum Gasteiger partial charge on any atom is 0.265 e. The summed E-state index contributed by atoms with van der Waals surface area (Å²) in [4.78, 5) is 0.0707. The fourth-order valence-corrected chi connectivity index (χ4v) is 4.65. The predicted molar refractivity (Wildman–Crippen MR) is 85.0 cm³/mol. The van der Waals surface area contributed by atoms with Gasteiger partial charge in [-0.05, 0) is 36.1 Å². The third-order valence-corrected chi connectivity index (χ3v) is 5.72. The molecule has 0 bridgehead atoms. The number of benzene rings is 2. The number of fused-ring (bicyclic) bond motifs is 1. The van der Waals surface area contributed by atoms with Gasteiger partial charge in [0.25, 0.3) is 10.0 Å². The van der Waals surface area contributed by atoms with Crippen molar-refractivity contribution in [1.82, 2.24) is 0 Å². The van der Waals surface area contributed by atoms with Gasteiger partial charge in [0.1, 0.15) is 11.0 Å². The Hall–Kier alpha value is -2.32. The zero-order valence-electron chi connectivity index (χ0n) is 12.2. The molecule has 1 aliphatic rings. The average Bonchev–Trinajstić information content (AvgIpc) is 2.53. The summed E-state index contributed by atoms with van der Waals surface area (Å²) in [6.45, 7) is 2.47. The fraction of sp³-hybridized carbons (Fsp3) is 0.235. The number of sulfonamides is 1. The van der Waals surface area contributed by atoms with Gasteiger partial charge in [0.2, 0.25) is 0 Å². The molecule has 5 heteroatoms. The van der Waals surface area contributed by atoms with Gasteiger partial charge in [-0.15, -0.1) is 0 Å². The second kappa shape index (κ2) is 5.47. The summed E-state index contributed by atoms with van der Waals surface area (Å²) in [5, 5.41) is 9.19. The van der Waals surface area contributed by atoms with Gasteiger partial charge in [-0.1, -0.05) is 37.3 Å². The topological polar surface area (TPSA) is 61.2 Å². The van der Waals surface area contributed by atoms with Crippen LogP contribution >= 0.6 is 0 Å². The molecule has 0 amide bonds. The second-order valence-electron chi connectivity index (χ2n) is 5.58. The van der Waals surface area contributed by atoms with Crippen LogP contribution in [-0.4, -0.2) is 15.0 Å². The largest absolute Gasteiger partial charge is 0.266 e. The first-order valence-corrected chi connectivity index (χ1v) is 8.58. The van der Waals surface area contributed by atoms with Crippen molar-refractivity contribution in [3.8, 4) is 6.07 Å². The molecule has 3 rings (SSSR count). The lowest BCUT2D eigenvalue weighted by Gasteiger charge is -2.34. The van der Waals surface area contributed by atoms with Crippen LogP contribution in [-0.2, 0) is 16.4 Å². The first kappa shape index (κ1) is 14.6. The first-order chi connectivity index (χ1) is 10.5. The number of hydrogen-bond donors (Lipinski definition) is 0. The predicted octanol–water partition coefficient (Wildman–Crippen LogP) is 2.95. The molecule has 1 unspecified atom stereocenters. The van der Waals surface area contributed by atoms with E-state index in [-0.39, 0.29) is 16.4 Å². The van der Waals surface area contributed by atoms with E-state index >= 15 is 0 Å². The molecular formula is C17H16N2O2S. The van der Waals surface area contributed by atoms with Crippen molar-refractivity contribution < 1.29 is 8.42 Å². The highest BCUT2D eigenvalue weighted by Crippen LogP contribution is 2.34. The van der Waals surface area contributed by atoms with E-state index in [1.54, 1.807) is 12.1 Å². The van der Waals surface area contributed by atoms with E-state index in [0.717, 1.165) is 12.0 Å². The Morgan fingerprint density at radius 1 is 1.14 bits per heavy atom. The van der Waals surface area contributed by atoms with E-state index in [2.05, 4.69) is 0 Å². The Bertz CT molecular complexity index is 853. The van der Waals surface area contributed by atoms with Crippen LogP contribution in [0.15, 0.2) is 53.4 Å². The maximum absolute atomic E-state index is 13.1. The minimum Gasteiger partial charge on any atom is -0.266 e. The maximum atomic E-state index is 13.1. The molecule has 0 spiro atoms. The lowest BCUT2D eigenvalue weighted by molar-refractivity contribution is 0.544. The van der Waals surface area contributed by atoms with Crippen LogP contribution in [0.3, 0.4) is 0 Å². The summed E-state index contributed by atoms with van der Waals surface area (Å²) < 4.78 is 27.5. The van der Waals surface area contributed by atoms with Gasteiger partial charge in [-0.2, -0.15) is 5.26 Å². The van der Waals surface area contributed by atoms with E-state index in [9.17, 15) is 13.7 Å². The van der Waals surface area contributed by atoms with Crippen molar-refractivity contribution in [3.05, 3.63) is 59.7 Å². The number of anilines is 1. The van der Waals surface area contributed by atoms with Crippen LogP contribution in [0.5, 0.6) is 0 Å². The fourth-order valence-electron chi connectivity index (χ4n) is 2.88. The van der Waals surface area contributed by atoms with Crippen molar-refractivity contribution >= 4 is 15.7 Å². The van der Waals surface area contributed by atoms with E-state index in [1.165, 1.54) is 16.4 Å². The van der Waals surface area contributed by atoms with Crippen LogP contribution < -0.4 is 4.31 Å². The number of nitrogens with zero attached hydrogens (tertiary/aromatic N) is 2. The Kier molecular flexibility index (Phi) is 3.63. The van der Waals surface area contributed by atoms with Gasteiger partial charge in [-0.25, -0.2) is 8.42 Å². The monoisotopic (exact) mass is 312 g/mol. The first-order valence-electron chi connectivity index (χ1n) is 7.14. The third-order valence-electron chi connectivity index (χ3n) is 3.88. The summed E-state index contributed by atoms with van der Waals surface area (Å²) in [6, 6.07) is 15.9. The van der Waals surface area contributed by atoms with Crippen molar-refractivity contribution in [2.24, 2.45) is 5.92 Å². The summed E-state index contributed by atoms with van der Waals surface area (Å²) in [6.07, 6.45) is 0.863. The zero-order chi connectivity index (χ0) is 15.7. The molecule has 112 valence electrons. The zero-order valence-corrected chi connectivity index (χ0v) is 13.0. The summed E-state index contributed by atoms with van der Waals surface area (Å²) in [5.41, 5.74) is 1.92. The number of nitriles is 1. The molecule has 0 radical (unpaired) electrons. The van der Waals surface area contributed by atoms with Gasteiger partial charge >= 0.3 is 0 Å². The van der Waals surface area contributed by atoms with E-state index in [1.807, 2.05) is 37.3 Å². The average molecular weight is 312 g/mol. The van der Waals surface area contributed by atoms with Gasteiger partial charge in [0, 0.05) is 6.54 Å². The molecule has 22 heavy (non-hydrogen) atoms. The molecule has 4 nitrogen and oxygen atoms in total. The number of para-hydroxylation sites is 1. The molecule has 0 saturated carbocycles. The minimum atomic E-state index is -3.74. The number of hydrogen-bond acceptors (Lipinski definition) is 3. The molecule has 0 fully saturated rings. The molecular weight excluding hydrogens is 296 g/mol. The Labute approximate surface area is 130 Å². The van der Waals surface area contributed by atoms with Crippen LogP contribution in [0.2, 0.25) is 0 Å². The molecule has 2 aromatic carbocycles. The van der Waals surface area contributed by atoms with Gasteiger partial charge in [0.05, 0.1) is 11.3 Å². The molecule has 0 N–H and O–H groups in total. The van der Waals surface area contributed by atoms with Crippen LogP contribution in [0.1, 0.15) is 18.1 Å². The van der Waals surface area contributed by atoms with Gasteiger partial charge < -0.3 is 0 Å². The summed E-state index contributed by atoms with van der Waals surface area (Å²) in [7, 11) is -3.74. The smallest absolute Gasteiger partial charge is 0.265 e. The molecule has 1 heterocycles. The van der Waals surface area contributed by atoms with Crippen molar-refractivity contribution in [3.63, 3.8) is 0 Å². The van der Waals surface area contributed by atoms with E-state index in [0.29, 0.717) is 12.2 Å². The van der Waals surface area contributed by atoms with Crippen molar-refractivity contribution in [2.75, 3.05) is 10.8 Å². The molecule has 2 aromatic rings. The van der Waals surface area contributed by atoms with Gasteiger partial charge in [0.15, 0.2) is 0 Å². The van der Waals surface area contributed by atoms with E-state index in [4.69, 9.17) is 0 Å². The third kappa shape index (κ3) is 2.36. The van der Waals surface area contributed by atoms with E-state index < -0.39 is 10.0 Å². The molecule has 0 saturated heterocycles. The van der Waals surface area contributed by atoms with Crippen molar-refractivity contribution in [2.45, 2.75) is 18.2 Å². The lowest BCUT2D eigenvalue weighted by atomic mass is 9.96. The second-order valence-corrected chi connectivity index (χ2v) is 7.41. The standard InChI is InChI=1S/C17H16N2O2S/c1-13-10-14-6-2-4-8-16(14)19(12-13)22(20,21)17-9-5-3-7-15(17)11-18/h2-9,13H,10,12H2,1H3. The normalized spacial score (nSPS) is 17.6. The molecule has 1 atom stereocenters. The highest BCUT2D eigenvalue weighted by molar-refractivity contribution is 7.92. The SMILES string of the molecule is CC1Cc2ccccc2N(S(=O)(=O)c2ccccc2C#N)C1. The lowest BCUT2D eigenvalue weighted by Crippen LogP contribution is -2.39. The Morgan fingerprint density at radius 2 is 1.82 bits per heavy atom. The van der Waals surface area contributed by atoms with Crippen LogP contribution in [0.4, 0.5) is 5.69 Å². The Morgan fingerprint density at radius 3 is 2.59 bits per heavy atom. The van der Waals surface area contributed by atoms with Crippen LogP contribution in [0, 0.1) is 17.2 Å². The molecule has 0 aromatic heterocycles. The Balaban J connectivity index is 2.16. The number of rotatable bonds is 2. The molecule has 0 aliphatic carbocycles. The summed E-state index contributed by atoms with van der Waals surface area (Å²) in [5.74, 6) is 0.235. The summed E-state index contributed by atoms with van der Waals surface area (Å²) >= 11 is 0.